The Labute approximate surface area is 83.4 Å². The van der Waals surface area contributed by atoms with Crippen LogP contribution >= 0.6 is 0 Å². The highest BCUT2D eigenvalue weighted by atomic mass is 32.2. The molecule has 0 atom stereocenters. The van der Waals surface area contributed by atoms with E-state index in [9.17, 15) is 8.42 Å². The zero-order valence-corrected chi connectivity index (χ0v) is 9.00. The molecule has 7 heteroatoms. The van der Waals surface area contributed by atoms with Crippen LogP contribution in [0.2, 0.25) is 0 Å². The van der Waals surface area contributed by atoms with Crippen LogP contribution in [0, 0.1) is 0 Å². The van der Waals surface area contributed by atoms with Gasteiger partial charge in [-0.15, -0.1) is 0 Å². The second-order valence-electron chi connectivity index (χ2n) is 2.85. The van der Waals surface area contributed by atoms with Gasteiger partial charge >= 0.3 is 0 Å². The molecule has 0 aliphatic carbocycles. The predicted molar refractivity (Wildman–Crippen MR) is 52.3 cm³/mol. The fourth-order valence-corrected chi connectivity index (χ4v) is 2.01. The lowest BCUT2D eigenvalue weighted by Gasteiger charge is -2.15. The molecule has 6 nitrogen and oxygen atoms in total. The molecule has 0 aliphatic rings. The van der Waals surface area contributed by atoms with Crippen molar-refractivity contribution in [1.29, 1.82) is 0 Å². The first kappa shape index (κ1) is 11.2. The van der Waals surface area contributed by atoms with Crippen molar-refractivity contribution in [3.63, 3.8) is 0 Å². The highest BCUT2D eigenvalue weighted by Gasteiger charge is 2.20. The van der Waals surface area contributed by atoms with Gasteiger partial charge in [-0.05, 0) is 13.1 Å². The van der Waals surface area contributed by atoms with Gasteiger partial charge in [0.2, 0.25) is 0 Å². The Hall–Kier alpha value is -0.920. The number of nitrogens with zero attached hydrogens (tertiary/aromatic N) is 2. The molecule has 80 valence electrons. The van der Waals surface area contributed by atoms with Crippen LogP contribution in [0.5, 0.6) is 0 Å². The molecule has 0 aromatic carbocycles. The summed E-state index contributed by atoms with van der Waals surface area (Å²) in [6.07, 6.45) is 1.42. The van der Waals surface area contributed by atoms with E-state index in [0.717, 1.165) is 0 Å². The Morgan fingerprint density at radius 3 is 2.86 bits per heavy atom. The minimum atomic E-state index is -3.39. The minimum absolute atomic E-state index is 0.121. The van der Waals surface area contributed by atoms with Gasteiger partial charge in [0, 0.05) is 20.1 Å². The van der Waals surface area contributed by atoms with E-state index in [2.05, 4.69) is 15.5 Å². The summed E-state index contributed by atoms with van der Waals surface area (Å²) in [5, 5.41) is 9.04. The zero-order chi connectivity index (χ0) is 10.6. The minimum Gasteiger partial charge on any atom is -0.318 e. The highest BCUT2D eigenvalue weighted by Crippen LogP contribution is 2.08. The lowest BCUT2D eigenvalue weighted by atomic mass is 10.6. The number of nitrogens with one attached hydrogen (secondary N) is 2. The van der Waals surface area contributed by atoms with Gasteiger partial charge < -0.3 is 5.32 Å². The van der Waals surface area contributed by atoms with E-state index in [4.69, 9.17) is 0 Å². The maximum absolute atomic E-state index is 11.7. The van der Waals surface area contributed by atoms with Crippen LogP contribution in [-0.4, -0.2) is 50.1 Å². The number of rotatable bonds is 5. The summed E-state index contributed by atoms with van der Waals surface area (Å²) in [4.78, 5) is 0. The topological polar surface area (TPSA) is 78.1 Å². The maximum atomic E-state index is 11.7. The van der Waals surface area contributed by atoms with Crippen molar-refractivity contribution < 1.29 is 8.42 Å². The van der Waals surface area contributed by atoms with E-state index in [1.807, 2.05) is 0 Å². The van der Waals surface area contributed by atoms with E-state index in [-0.39, 0.29) is 5.03 Å². The molecule has 14 heavy (non-hydrogen) atoms. The van der Waals surface area contributed by atoms with Crippen LogP contribution in [0.1, 0.15) is 0 Å². The number of H-pyrrole nitrogens is 1. The van der Waals surface area contributed by atoms with Crippen LogP contribution in [0.25, 0.3) is 0 Å². The molecule has 1 aromatic rings. The van der Waals surface area contributed by atoms with Gasteiger partial charge in [0.05, 0.1) is 6.20 Å². The van der Waals surface area contributed by atoms with E-state index >= 15 is 0 Å². The Balaban J connectivity index is 2.76. The Bertz CT molecular complexity index is 359. The molecule has 0 spiro atoms. The van der Waals surface area contributed by atoms with Gasteiger partial charge in [-0.3, -0.25) is 5.10 Å². The molecule has 1 aromatic heterocycles. The van der Waals surface area contributed by atoms with E-state index in [0.29, 0.717) is 13.1 Å². The van der Waals surface area contributed by atoms with Crippen molar-refractivity contribution in [2.75, 3.05) is 27.2 Å². The number of hydrogen-bond acceptors (Lipinski definition) is 4. The SMILES string of the molecule is CNCCN(C)S(=O)(=O)c1ccn[nH]1. The number of aromatic amines is 1. The molecule has 0 saturated heterocycles. The third-order valence-electron chi connectivity index (χ3n) is 1.84. The Morgan fingerprint density at radius 2 is 2.36 bits per heavy atom. The van der Waals surface area contributed by atoms with Crippen LogP contribution in [0.15, 0.2) is 17.3 Å². The van der Waals surface area contributed by atoms with Gasteiger partial charge in [-0.1, -0.05) is 0 Å². The van der Waals surface area contributed by atoms with Crippen molar-refractivity contribution in [2.45, 2.75) is 5.03 Å². The summed E-state index contributed by atoms with van der Waals surface area (Å²) in [5.74, 6) is 0. The molecule has 0 aliphatic heterocycles. The summed E-state index contributed by atoms with van der Waals surface area (Å²) in [6, 6.07) is 1.44. The predicted octanol–water partition coefficient (Wildman–Crippen LogP) is -0.750. The third-order valence-corrected chi connectivity index (χ3v) is 3.63. The van der Waals surface area contributed by atoms with E-state index in [1.54, 1.807) is 7.05 Å². The first-order valence-corrected chi connectivity index (χ1v) is 5.63. The molecule has 0 radical (unpaired) electrons. The van der Waals surface area contributed by atoms with E-state index < -0.39 is 10.0 Å². The second kappa shape index (κ2) is 4.54. The summed E-state index contributed by atoms with van der Waals surface area (Å²) < 4.78 is 24.7. The molecule has 0 saturated carbocycles. The van der Waals surface area contributed by atoms with Crippen molar-refractivity contribution in [3.05, 3.63) is 12.3 Å². The lowest BCUT2D eigenvalue weighted by Crippen LogP contribution is -2.33. The van der Waals surface area contributed by atoms with Crippen molar-refractivity contribution in [3.8, 4) is 0 Å². The largest absolute Gasteiger partial charge is 0.318 e. The van der Waals surface area contributed by atoms with Crippen molar-refractivity contribution in [2.24, 2.45) is 0 Å². The van der Waals surface area contributed by atoms with Crippen LogP contribution in [0.4, 0.5) is 0 Å². The monoisotopic (exact) mass is 218 g/mol. The maximum Gasteiger partial charge on any atom is 0.259 e. The van der Waals surface area contributed by atoms with Gasteiger partial charge in [0.25, 0.3) is 10.0 Å². The fraction of sp³-hybridized carbons (Fsp3) is 0.571. The van der Waals surface area contributed by atoms with Crippen LogP contribution in [0.3, 0.4) is 0 Å². The van der Waals surface area contributed by atoms with Gasteiger partial charge in [0.15, 0.2) is 5.03 Å². The molecule has 1 rings (SSSR count). The quantitative estimate of drug-likeness (QED) is 0.681. The van der Waals surface area contributed by atoms with Crippen molar-refractivity contribution in [1.82, 2.24) is 19.8 Å². The van der Waals surface area contributed by atoms with E-state index in [1.165, 1.54) is 23.6 Å². The molecule has 2 N–H and O–H groups in total. The van der Waals surface area contributed by atoms with Crippen molar-refractivity contribution >= 4 is 10.0 Å². The number of sulfonamides is 1. The average molecular weight is 218 g/mol. The number of aromatic nitrogens is 2. The fourth-order valence-electron chi connectivity index (χ4n) is 0.944. The van der Waals surface area contributed by atoms with Gasteiger partial charge in [-0.2, -0.15) is 9.40 Å². The summed E-state index contributed by atoms with van der Waals surface area (Å²) in [7, 11) is -0.0829. The molecule has 0 amide bonds. The first-order chi connectivity index (χ1) is 6.59. The molecule has 0 unspecified atom stereocenters. The van der Waals surface area contributed by atoms with Gasteiger partial charge in [-0.25, -0.2) is 8.42 Å². The Morgan fingerprint density at radius 1 is 1.64 bits per heavy atom. The number of hydrogen-bond donors (Lipinski definition) is 2. The normalized spacial score (nSPS) is 12.2. The first-order valence-electron chi connectivity index (χ1n) is 4.19. The molecule has 0 bridgehead atoms. The highest BCUT2D eigenvalue weighted by molar-refractivity contribution is 7.89. The average Bonchev–Trinajstić information content (AvgIpc) is 2.67. The summed E-state index contributed by atoms with van der Waals surface area (Å²) >= 11 is 0. The van der Waals surface area contributed by atoms with Crippen LogP contribution < -0.4 is 5.32 Å². The smallest absolute Gasteiger partial charge is 0.259 e. The summed E-state index contributed by atoms with van der Waals surface area (Å²) in [5.41, 5.74) is 0. The second-order valence-corrected chi connectivity index (χ2v) is 4.86. The molecule has 0 fully saturated rings. The lowest BCUT2D eigenvalue weighted by molar-refractivity contribution is 0.463. The zero-order valence-electron chi connectivity index (χ0n) is 8.19. The number of likely N-dealkylation sites (N-methyl/N-ethyl adjacent to an activating group) is 2. The molecular weight excluding hydrogens is 204 g/mol. The molecule has 1 heterocycles. The Kier molecular flexibility index (Phi) is 3.62. The summed E-state index contributed by atoms with van der Waals surface area (Å²) in [6.45, 7) is 1.04. The van der Waals surface area contributed by atoms with Gasteiger partial charge in [0.1, 0.15) is 0 Å². The van der Waals surface area contributed by atoms with Crippen LogP contribution in [-0.2, 0) is 10.0 Å². The third kappa shape index (κ3) is 2.31. The standard InChI is InChI=1S/C7H14N4O2S/c1-8-5-6-11(2)14(12,13)7-3-4-9-10-7/h3-4,8H,5-6H2,1-2H3,(H,9,10). The molecular formula is C7H14N4O2S.